The Bertz CT molecular complexity index is 3010. The van der Waals surface area contributed by atoms with Gasteiger partial charge in [0.05, 0.1) is 13.0 Å². The van der Waals surface area contributed by atoms with Crippen LogP contribution in [0.4, 0.5) is 0 Å². The third kappa shape index (κ3) is 23.1. The molecule has 10 amide bonds. The zero-order chi connectivity index (χ0) is 68.6. The number of benzene rings is 2. The van der Waals surface area contributed by atoms with Gasteiger partial charge in [0.25, 0.3) is 0 Å². The third-order valence-electron chi connectivity index (χ3n) is 17.8. The Labute approximate surface area is 548 Å². The van der Waals surface area contributed by atoms with Gasteiger partial charge in [0.15, 0.2) is 17.9 Å². The predicted octanol–water partition coefficient (Wildman–Crippen LogP) is -1.96. The van der Waals surface area contributed by atoms with E-state index in [2.05, 4.69) is 52.2 Å². The van der Waals surface area contributed by atoms with Crippen LogP contribution >= 0.6 is 0 Å². The molecule has 0 spiro atoms. The topological polar surface area (TPSA) is 513 Å². The number of nitrogens with two attached hydrogens (primary N) is 8. The number of guanidine groups is 3. The first-order valence-corrected chi connectivity index (χ1v) is 32.6. The summed E-state index contributed by atoms with van der Waals surface area (Å²) in [4.78, 5) is 154. The molecule has 0 unspecified atom stereocenters. The summed E-state index contributed by atoms with van der Waals surface area (Å²) in [5.41, 5.74) is 45.6. The van der Waals surface area contributed by atoms with Crippen molar-refractivity contribution in [3.63, 3.8) is 0 Å². The minimum Gasteiger partial charge on any atom is -0.494 e. The Balaban J connectivity index is 1.19. The van der Waals surface area contributed by atoms with Gasteiger partial charge in [-0.2, -0.15) is 0 Å². The number of amides is 10. The van der Waals surface area contributed by atoms with Crippen molar-refractivity contribution in [1.82, 2.24) is 42.1 Å². The molecule has 30 heteroatoms. The zero-order valence-electron chi connectivity index (χ0n) is 54.3. The van der Waals surface area contributed by atoms with Crippen LogP contribution < -0.4 is 87.8 Å². The summed E-state index contributed by atoms with van der Waals surface area (Å²) in [7, 11) is 0. The van der Waals surface area contributed by atoms with E-state index in [4.69, 9.17) is 50.6 Å². The van der Waals surface area contributed by atoms with Crippen LogP contribution in [0.2, 0.25) is 0 Å². The second-order valence-electron chi connectivity index (χ2n) is 25.8. The SMILES string of the molecule is CCOc1ccc(C[C@@H](NC(=O)CC23CC4CC(CC(C4)C2)C3)C(=O)N[C@@H](Cc2ccccc2)C(=O)N[C@H](C(=O)N[C@@H](CC(N)=O)C(=O)N[C@@H](CCCN=C(N)N)C(=O)N2CCC[C@H]2C(=O)N[C@@H](CCCN=C(N)N)C(=O)N[C@@H](CCCN=C(N)N)C(N)=O)C(C)C)cc1. The van der Waals surface area contributed by atoms with Gasteiger partial charge in [-0.3, -0.25) is 62.9 Å². The molecule has 94 heavy (non-hydrogen) atoms. The van der Waals surface area contributed by atoms with E-state index < -0.39 is 114 Å². The summed E-state index contributed by atoms with van der Waals surface area (Å²) in [6.45, 7) is 5.84. The fourth-order valence-electron chi connectivity index (χ4n) is 13.9. The average Bonchev–Trinajstić information content (AvgIpc) is 0.862. The van der Waals surface area contributed by atoms with Crippen LogP contribution in [0.5, 0.6) is 5.75 Å². The highest BCUT2D eigenvalue weighted by Gasteiger charge is 2.52. The van der Waals surface area contributed by atoms with Gasteiger partial charge in [0.1, 0.15) is 54.1 Å². The van der Waals surface area contributed by atoms with Gasteiger partial charge in [-0.25, -0.2) is 0 Å². The van der Waals surface area contributed by atoms with Crippen molar-refractivity contribution in [2.45, 2.75) is 185 Å². The number of ether oxygens (including phenoxy) is 1. The Morgan fingerprint density at radius 1 is 0.553 bits per heavy atom. The minimum absolute atomic E-state index is 0.00573. The number of aliphatic imine (C=N–C) groups is 3. The molecular formula is C64H99N19O11. The smallest absolute Gasteiger partial charge is 0.245 e. The lowest BCUT2D eigenvalue weighted by atomic mass is 9.49. The highest BCUT2D eigenvalue weighted by Crippen LogP contribution is 2.61. The van der Waals surface area contributed by atoms with Crippen molar-refractivity contribution >= 4 is 77.0 Å². The first-order chi connectivity index (χ1) is 44.7. The van der Waals surface area contributed by atoms with E-state index in [0.717, 1.165) is 24.8 Å². The van der Waals surface area contributed by atoms with Gasteiger partial charge in [-0.15, -0.1) is 0 Å². The van der Waals surface area contributed by atoms with Crippen LogP contribution in [0, 0.1) is 29.1 Å². The van der Waals surface area contributed by atoms with Gasteiger partial charge < -0.3 is 92.7 Å². The van der Waals surface area contributed by atoms with Crippen LogP contribution in [-0.2, 0) is 60.8 Å². The molecule has 1 heterocycles. The first-order valence-electron chi connectivity index (χ1n) is 32.6. The quantitative estimate of drug-likeness (QED) is 0.0197. The summed E-state index contributed by atoms with van der Waals surface area (Å²) in [6.07, 6.45) is 7.03. The molecule has 30 nitrogen and oxygen atoms in total. The number of likely N-dealkylation sites (tertiary alicyclic amines) is 1. The van der Waals surface area contributed by atoms with Crippen molar-refractivity contribution in [2.75, 3.05) is 32.8 Å². The van der Waals surface area contributed by atoms with E-state index in [1.807, 2.05) is 19.1 Å². The molecule has 4 aliphatic carbocycles. The van der Waals surface area contributed by atoms with Gasteiger partial charge >= 0.3 is 0 Å². The number of rotatable bonds is 38. The average molecular weight is 1310 g/mol. The van der Waals surface area contributed by atoms with E-state index >= 15 is 0 Å². The van der Waals surface area contributed by atoms with Crippen LogP contribution in [0.1, 0.15) is 135 Å². The molecule has 5 aliphatic rings. The number of carbonyl (C=O) groups excluding carboxylic acids is 10. The Morgan fingerprint density at radius 3 is 1.54 bits per heavy atom. The molecule has 8 atom stereocenters. The van der Waals surface area contributed by atoms with Crippen LogP contribution in [0.3, 0.4) is 0 Å². The minimum atomic E-state index is -1.73. The lowest BCUT2D eigenvalue weighted by Crippen LogP contribution is -2.61. The molecular weight excluding hydrogens is 1210 g/mol. The highest BCUT2D eigenvalue weighted by atomic mass is 16.5. The number of hydrogen-bond acceptors (Lipinski definition) is 14. The maximum Gasteiger partial charge on any atom is 0.245 e. The molecule has 4 bridgehead atoms. The van der Waals surface area contributed by atoms with Crippen molar-refractivity contribution in [2.24, 2.45) is 89.9 Å². The third-order valence-corrected chi connectivity index (χ3v) is 17.8. The van der Waals surface area contributed by atoms with E-state index in [9.17, 15) is 47.9 Å². The summed E-state index contributed by atoms with van der Waals surface area (Å²) in [5, 5.41) is 19.2. The zero-order valence-corrected chi connectivity index (χ0v) is 54.3. The summed E-state index contributed by atoms with van der Waals surface area (Å²) in [6, 6.07) is 5.46. The second-order valence-corrected chi connectivity index (χ2v) is 25.8. The lowest BCUT2D eigenvalue weighted by Gasteiger charge is -2.56. The summed E-state index contributed by atoms with van der Waals surface area (Å²) in [5.74, 6) is -6.60. The van der Waals surface area contributed by atoms with E-state index in [-0.39, 0.29) is 120 Å². The molecule has 1 aliphatic heterocycles. The van der Waals surface area contributed by atoms with E-state index in [1.165, 1.54) is 24.2 Å². The molecule has 2 aromatic rings. The first kappa shape index (κ1) is 73.8. The van der Waals surface area contributed by atoms with Crippen molar-refractivity contribution in [1.29, 1.82) is 0 Å². The molecule has 7 rings (SSSR count). The van der Waals surface area contributed by atoms with Gasteiger partial charge in [0, 0.05) is 45.4 Å². The number of primary amides is 2. The Morgan fingerprint density at radius 2 is 1.02 bits per heavy atom. The number of nitrogens with zero attached hydrogens (tertiary/aromatic N) is 4. The predicted molar refractivity (Wildman–Crippen MR) is 353 cm³/mol. The molecule has 23 N–H and O–H groups in total. The molecule has 4 saturated carbocycles. The van der Waals surface area contributed by atoms with Crippen molar-refractivity contribution in [3.8, 4) is 5.75 Å². The van der Waals surface area contributed by atoms with Crippen LogP contribution in [0.25, 0.3) is 0 Å². The monoisotopic (exact) mass is 1310 g/mol. The fourth-order valence-corrected chi connectivity index (χ4v) is 13.9. The normalized spacial score (nSPS) is 20.7. The maximum atomic E-state index is 14.8. The molecule has 0 aromatic heterocycles. The molecule has 1 saturated heterocycles. The van der Waals surface area contributed by atoms with Gasteiger partial charge in [-0.1, -0.05) is 56.3 Å². The number of carbonyl (C=O) groups is 10. The maximum absolute atomic E-state index is 14.8. The van der Waals surface area contributed by atoms with Gasteiger partial charge in [-0.05, 0) is 149 Å². The van der Waals surface area contributed by atoms with Crippen molar-refractivity contribution < 1.29 is 52.7 Å². The molecule has 516 valence electrons. The summed E-state index contributed by atoms with van der Waals surface area (Å²) >= 11 is 0. The van der Waals surface area contributed by atoms with Crippen molar-refractivity contribution in [3.05, 3.63) is 65.7 Å². The van der Waals surface area contributed by atoms with E-state index in [0.29, 0.717) is 42.1 Å². The highest BCUT2D eigenvalue weighted by molar-refractivity contribution is 5.99. The number of nitrogens with one attached hydrogen (secondary N) is 7. The van der Waals surface area contributed by atoms with Gasteiger partial charge in [0.2, 0.25) is 59.1 Å². The van der Waals surface area contributed by atoms with E-state index in [1.54, 1.807) is 56.3 Å². The Kier molecular flexibility index (Phi) is 28.0. The summed E-state index contributed by atoms with van der Waals surface area (Å²) < 4.78 is 5.66. The fraction of sp³-hybridized carbons (Fsp3) is 0.609. The number of hydrogen-bond donors (Lipinski definition) is 15. The second kappa shape index (κ2) is 35.7. The lowest BCUT2D eigenvalue weighted by molar-refractivity contribution is -0.143. The van der Waals surface area contributed by atoms with Crippen LogP contribution in [0.15, 0.2) is 69.6 Å². The largest absolute Gasteiger partial charge is 0.494 e. The molecule has 0 radical (unpaired) electrons. The molecule has 5 fully saturated rings. The Hall–Kier alpha value is -9.25. The molecule has 2 aromatic carbocycles. The van der Waals surface area contributed by atoms with Crippen LogP contribution in [-0.4, -0.2) is 163 Å². The standard InChI is InChI=1S/C64H99N19O11/c1-4-94-42-20-18-38(19-21-42)30-46(76-51(85)35-64-32-39-26-40(33-64)28-41(27-39)34-64)55(88)80-47(29-37-12-6-5-7-13-37)57(90)82-52(36(2)3)59(92)81-48(31-50(65)84)56(89)79-45(16-10-24-75-63(71)72)60(93)83-25-11-17-49(83)58(91)78-44(15-9-23-74-62(69)70)54(87)77-43(53(66)86)14-8-22-73-61(67)68/h5-7,12-13,18-21,36,39-41,43-49,52H,4,8-11,14-17,22-35H2,1-3H3,(H2,65,84)(H2,66,86)(H,76,85)(H,77,87)(H,78,91)(H,79,89)(H,80,88)(H,81,92)(H,82,90)(H4,67,68,73)(H4,69,70,74)(H4,71,72,75)/t39?,40?,41?,43-,44-,45-,46+,47-,48-,49-,52-,64?/m0/s1.